The standard InChI is InChI=1S/C43H43N5O6/c1-28(2)38(26-48(3,43(52)53)25-29-12-6-4-7-13-29)47-40(49)32-20-23-35(37(24-32)42(51)54-27-30-14-8-5-9-15-30)34-16-10-11-17-36(34)41(50)46-33-21-18-31(19-22-33)39(44)45/h4-24,28,38H,25-27H2,1-3H3,(H5-,44,45,46,47,49,50,52,53)/p+1. The van der Waals surface area contributed by atoms with Crippen molar-refractivity contribution in [2.75, 3.05) is 18.9 Å². The predicted octanol–water partition coefficient (Wildman–Crippen LogP) is 7.33. The van der Waals surface area contributed by atoms with E-state index in [2.05, 4.69) is 10.6 Å². The summed E-state index contributed by atoms with van der Waals surface area (Å²) in [4.78, 5) is 54.0. The van der Waals surface area contributed by atoms with Crippen molar-refractivity contribution >= 4 is 35.4 Å². The highest BCUT2D eigenvalue weighted by Gasteiger charge is 2.37. The Hall–Kier alpha value is -6.59. The Morgan fingerprint density at radius 3 is 1.93 bits per heavy atom. The van der Waals surface area contributed by atoms with E-state index >= 15 is 0 Å². The van der Waals surface area contributed by atoms with Crippen molar-refractivity contribution in [3.8, 4) is 11.1 Å². The fourth-order valence-electron chi connectivity index (χ4n) is 6.04. The van der Waals surface area contributed by atoms with Gasteiger partial charge in [-0.05, 0) is 65.1 Å². The largest absolute Gasteiger partial charge is 0.513 e. The molecule has 0 spiro atoms. The highest BCUT2D eigenvalue weighted by Crippen LogP contribution is 2.30. The van der Waals surface area contributed by atoms with Crippen molar-refractivity contribution in [2.24, 2.45) is 11.7 Å². The smallest absolute Gasteiger partial charge is 0.457 e. The lowest BCUT2D eigenvalue weighted by Crippen LogP contribution is -2.57. The van der Waals surface area contributed by atoms with Crippen LogP contribution in [0.4, 0.5) is 10.5 Å². The third kappa shape index (κ3) is 9.64. The predicted molar refractivity (Wildman–Crippen MR) is 208 cm³/mol. The minimum absolute atomic E-state index is 0.0174. The number of carbonyl (C=O) groups is 4. The fourth-order valence-corrected chi connectivity index (χ4v) is 6.04. The van der Waals surface area contributed by atoms with Gasteiger partial charge in [-0.25, -0.2) is 9.28 Å². The number of carboxylic acid groups (broad SMARTS) is 1. The molecular weight excluding hydrogens is 683 g/mol. The molecule has 11 nitrogen and oxygen atoms in total. The number of hydrogen-bond acceptors (Lipinski definition) is 6. The van der Waals surface area contributed by atoms with Crippen LogP contribution in [0.5, 0.6) is 0 Å². The van der Waals surface area contributed by atoms with E-state index in [0.717, 1.165) is 11.1 Å². The summed E-state index contributed by atoms with van der Waals surface area (Å²) in [6, 6.07) is 35.9. The van der Waals surface area contributed by atoms with E-state index in [1.807, 2.05) is 74.5 Å². The Balaban J connectivity index is 1.46. The van der Waals surface area contributed by atoms with Gasteiger partial charge in [0.1, 0.15) is 25.5 Å². The zero-order valence-corrected chi connectivity index (χ0v) is 30.4. The van der Waals surface area contributed by atoms with Gasteiger partial charge in [0, 0.05) is 27.9 Å². The van der Waals surface area contributed by atoms with E-state index in [9.17, 15) is 24.3 Å². The van der Waals surface area contributed by atoms with Gasteiger partial charge in [-0.3, -0.25) is 15.0 Å². The number of esters is 1. The molecule has 0 aliphatic carbocycles. The Morgan fingerprint density at radius 1 is 0.741 bits per heavy atom. The van der Waals surface area contributed by atoms with Crippen LogP contribution in [0.25, 0.3) is 11.1 Å². The van der Waals surface area contributed by atoms with Crippen LogP contribution < -0.4 is 16.4 Å². The summed E-state index contributed by atoms with van der Waals surface area (Å²) in [6.45, 7) is 4.13. The van der Waals surface area contributed by atoms with Crippen LogP contribution in [-0.4, -0.2) is 58.9 Å². The quantitative estimate of drug-likeness (QED) is 0.0345. The third-order valence-corrected chi connectivity index (χ3v) is 9.19. The Bertz CT molecular complexity index is 2140. The molecule has 5 rings (SSSR count). The van der Waals surface area contributed by atoms with Crippen molar-refractivity contribution < 1.29 is 33.5 Å². The first kappa shape index (κ1) is 38.6. The first-order valence-corrected chi connectivity index (χ1v) is 17.5. The van der Waals surface area contributed by atoms with Gasteiger partial charge < -0.3 is 26.2 Å². The summed E-state index contributed by atoms with van der Waals surface area (Å²) in [5, 5.41) is 23.8. The minimum atomic E-state index is -1.03. The number of carbonyl (C=O) groups excluding carboxylic acids is 3. The van der Waals surface area contributed by atoms with Gasteiger partial charge in [0.25, 0.3) is 11.8 Å². The minimum Gasteiger partial charge on any atom is -0.457 e. The maximum atomic E-state index is 13.9. The van der Waals surface area contributed by atoms with Gasteiger partial charge in [0.2, 0.25) is 0 Å². The normalized spacial score (nSPS) is 12.6. The number of nitrogen functional groups attached to an aromatic ring is 1. The number of nitrogens with two attached hydrogens (primary N) is 1. The number of nitrogens with zero attached hydrogens (tertiary/aromatic N) is 1. The molecular formula is C43H44N5O6+. The van der Waals surface area contributed by atoms with Crippen LogP contribution in [0.15, 0.2) is 127 Å². The number of ether oxygens (including phenoxy) is 1. The van der Waals surface area contributed by atoms with Gasteiger partial charge in [0.15, 0.2) is 0 Å². The zero-order chi connectivity index (χ0) is 38.8. The lowest BCUT2D eigenvalue weighted by Gasteiger charge is -2.34. The van der Waals surface area contributed by atoms with Crippen LogP contribution in [0, 0.1) is 11.3 Å². The fraction of sp³-hybridized carbons (Fsp3) is 0.186. The average Bonchev–Trinajstić information content (AvgIpc) is 3.17. The summed E-state index contributed by atoms with van der Waals surface area (Å²) in [6.07, 6.45) is -1.03. The summed E-state index contributed by atoms with van der Waals surface area (Å²) in [5.41, 5.74) is 9.50. The van der Waals surface area contributed by atoms with Crippen LogP contribution in [-0.2, 0) is 17.9 Å². The van der Waals surface area contributed by atoms with E-state index < -0.39 is 29.9 Å². The molecule has 2 atom stereocenters. The van der Waals surface area contributed by atoms with Crippen molar-refractivity contribution in [3.63, 3.8) is 0 Å². The molecule has 0 fully saturated rings. The van der Waals surface area contributed by atoms with Crippen molar-refractivity contribution in [1.29, 1.82) is 5.41 Å². The van der Waals surface area contributed by atoms with E-state index in [0.29, 0.717) is 22.4 Å². The Kier molecular flexibility index (Phi) is 12.4. The zero-order valence-electron chi connectivity index (χ0n) is 30.4. The molecule has 0 radical (unpaired) electrons. The van der Waals surface area contributed by atoms with Crippen molar-refractivity contribution in [2.45, 2.75) is 33.0 Å². The number of hydrogen-bond donors (Lipinski definition) is 5. The SMILES string of the molecule is CC(C)C(C[N+](C)(Cc1ccccc1)C(=O)O)NC(=O)c1ccc(-c2ccccc2C(=O)Nc2ccc(C(=N)N)cc2)c(C(=O)OCc2ccccc2)c1. The van der Waals surface area contributed by atoms with Crippen LogP contribution >= 0.6 is 0 Å². The molecule has 0 aromatic heterocycles. The van der Waals surface area contributed by atoms with E-state index in [1.54, 1.807) is 67.7 Å². The molecule has 54 heavy (non-hydrogen) atoms. The molecule has 276 valence electrons. The number of anilines is 1. The van der Waals surface area contributed by atoms with Gasteiger partial charge in [-0.2, -0.15) is 4.79 Å². The summed E-state index contributed by atoms with van der Waals surface area (Å²) in [5.74, 6) is -1.85. The monoisotopic (exact) mass is 726 g/mol. The molecule has 2 unspecified atom stereocenters. The van der Waals surface area contributed by atoms with Crippen molar-refractivity contribution in [1.82, 2.24) is 5.32 Å². The number of benzene rings is 5. The number of likely N-dealkylation sites (N-methyl/N-ethyl adjacent to an activating group) is 1. The molecule has 0 saturated carbocycles. The summed E-state index contributed by atoms with van der Waals surface area (Å²) >= 11 is 0. The van der Waals surface area contributed by atoms with Crippen LogP contribution in [0.3, 0.4) is 0 Å². The second kappa shape index (κ2) is 17.3. The molecule has 0 saturated heterocycles. The molecule has 0 aliphatic heterocycles. The van der Waals surface area contributed by atoms with E-state index in [-0.39, 0.29) is 52.6 Å². The highest BCUT2D eigenvalue weighted by molar-refractivity contribution is 6.11. The lowest BCUT2D eigenvalue weighted by molar-refractivity contribution is -0.852. The van der Waals surface area contributed by atoms with Gasteiger partial charge in [-0.15, -0.1) is 0 Å². The molecule has 0 bridgehead atoms. The second-order valence-electron chi connectivity index (χ2n) is 13.6. The number of amides is 3. The van der Waals surface area contributed by atoms with Gasteiger partial charge in [-0.1, -0.05) is 98.8 Å². The number of rotatable bonds is 14. The molecule has 0 heterocycles. The molecule has 6 N–H and O–H groups in total. The molecule has 5 aromatic rings. The summed E-state index contributed by atoms with van der Waals surface area (Å²) < 4.78 is 5.38. The molecule has 5 aromatic carbocycles. The average molecular weight is 727 g/mol. The first-order valence-electron chi connectivity index (χ1n) is 17.5. The lowest BCUT2D eigenvalue weighted by atomic mass is 9.93. The Morgan fingerprint density at radius 2 is 1.31 bits per heavy atom. The van der Waals surface area contributed by atoms with Crippen LogP contribution in [0.1, 0.15) is 61.6 Å². The maximum absolute atomic E-state index is 13.9. The maximum Gasteiger partial charge on any atom is 0.513 e. The Labute approximate surface area is 314 Å². The third-order valence-electron chi connectivity index (χ3n) is 9.19. The first-order chi connectivity index (χ1) is 25.8. The van der Waals surface area contributed by atoms with Gasteiger partial charge in [0.05, 0.1) is 18.7 Å². The van der Waals surface area contributed by atoms with Crippen LogP contribution in [0.2, 0.25) is 0 Å². The number of quaternary nitrogens is 1. The van der Waals surface area contributed by atoms with E-state index in [4.69, 9.17) is 15.9 Å². The number of nitrogens with one attached hydrogen (secondary N) is 3. The second-order valence-corrected chi connectivity index (χ2v) is 13.6. The summed E-state index contributed by atoms with van der Waals surface area (Å²) in [7, 11) is 1.63. The number of amidine groups is 1. The molecule has 0 aliphatic rings. The molecule has 3 amide bonds. The topological polar surface area (TPSA) is 172 Å². The van der Waals surface area contributed by atoms with Crippen molar-refractivity contribution in [3.05, 3.63) is 161 Å². The molecule has 11 heteroatoms. The van der Waals surface area contributed by atoms with E-state index in [1.165, 1.54) is 6.07 Å². The van der Waals surface area contributed by atoms with Gasteiger partial charge >= 0.3 is 12.1 Å². The highest BCUT2D eigenvalue weighted by atomic mass is 16.5.